The minimum atomic E-state index is -0.514. The number of aromatic nitrogens is 2. The Morgan fingerprint density at radius 3 is 2.57 bits per heavy atom. The maximum Gasteiger partial charge on any atom is 0.247 e. The van der Waals surface area contributed by atoms with E-state index in [0.717, 1.165) is 5.56 Å². The smallest absolute Gasteiger partial charge is 0.247 e. The van der Waals surface area contributed by atoms with Crippen molar-refractivity contribution in [1.82, 2.24) is 15.1 Å². The first-order chi connectivity index (χ1) is 16.8. The summed E-state index contributed by atoms with van der Waals surface area (Å²) in [5.74, 6) is 0.978. The SMILES string of the molecule is COc1ccc(OC)c(N2CC(C(=O)N(Cc3nnc(-c4ccc(Cl)cc4)o3)C(C)C)CC2=O)c1. The molecule has 0 saturated carbocycles. The van der Waals surface area contributed by atoms with E-state index in [1.54, 1.807) is 59.4 Å². The van der Waals surface area contributed by atoms with Crippen LogP contribution in [-0.4, -0.2) is 53.7 Å². The molecular formula is C25H27ClN4O5. The van der Waals surface area contributed by atoms with Crippen molar-refractivity contribution in [2.45, 2.75) is 32.9 Å². The Kier molecular flexibility index (Phi) is 7.25. The number of nitrogens with zero attached hydrogens (tertiary/aromatic N) is 4. The molecule has 0 spiro atoms. The molecule has 10 heteroatoms. The van der Waals surface area contributed by atoms with Gasteiger partial charge in [-0.1, -0.05) is 11.6 Å². The van der Waals surface area contributed by atoms with Crippen molar-refractivity contribution in [3.63, 3.8) is 0 Å². The van der Waals surface area contributed by atoms with Gasteiger partial charge in [-0.25, -0.2) is 0 Å². The third-order valence-electron chi connectivity index (χ3n) is 5.92. The molecule has 3 aromatic rings. The maximum atomic E-state index is 13.5. The molecule has 1 saturated heterocycles. The summed E-state index contributed by atoms with van der Waals surface area (Å²) in [6, 6.07) is 12.2. The molecular weight excluding hydrogens is 472 g/mol. The molecule has 2 heterocycles. The standard InChI is InChI=1S/C25H27ClN4O5/c1-15(2)29(14-22-27-28-24(35-22)16-5-7-18(26)8-6-16)25(32)17-11-23(31)30(13-17)20-12-19(33-3)9-10-21(20)34-4/h5-10,12,15,17H,11,13-14H2,1-4H3. The first-order valence-electron chi connectivity index (χ1n) is 11.2. The minimum absolute atomic E-state index is 0.0995. The van der Waals surface area contributed by atoms with Gasteiger partial charge in [-0.2, -0.15) is 0 Å². The summed E-state index contributed by atoms with van der Waals surface area (Å²) in [7, 11) is 3.10. The first kappa shape index (κ1) is 24.5. The second-order valence-corrected chi connectivity index (χ2v) is 8.95. The van der Waals surface area contributed by atoms with E-state index in [4.69, 9.17) is 25.5 Å². The molecule has 184 valence electrons. The van der Waals surface area contributed by atoms with Crippen molar-refractivity contribution in [3.8, 4) is 23.0 Å². The van der Waals surface area contributed by atoms with Crippen LogP contribution in [0, 0.1) is 5.92 Å². The molecule has 1 fully saturated rings. The Morgan fingerprint density at radius 1 is 1.17 bits per heavy atom. The van der Waals surface area contributed by atoms with Gasteiger partial charge < -0.3 is 23.7 Å². The van der Waals surface area contributed by atoms with Crippen molar-refractivity contribution in [2.24, 2.45) is 5.92 Å². The molecule has 0 radical (unpaired) electrons. The van der Waals surface area contributed by atoms with Gasteiger partial charge >= 0.3 is 0 Å². The molecule has 35 heavy (non-hydrogen) atoms. The zero-order chi connectivity index (χ0) is 25.1. The van der Waals surface area contributed by atoms with Crippen LogP contribution in [0.25, 0.3) is 11.5 Å². The second kappa shape index (κ2) is 10.4. The third kappa shape index (κ3) is 5.24. The fraction of sp³-hybridized carbons (Fsp3) is 0.360. The lowest BCUT2D eigenvalue weighted by Gasteiger charge is -2.28. The van der Waals surface area contributed by atoms with Crippen LogP contribution in [0.15, 0.2) is 46.9 Å². The average Bonchev–Trinajstić information content (AvgIpc) is 3.48. The van der Waals surface area contributed by atoms with Crippen LogP contribution in [0.3, 0.4) is 0 Å². The van der Waals surface area contributed by atoms with Crippen LogP contribution in [0.2, 0.25) is 5.02 Å². The quantitative estimate of drug-likeness (QED) is 0.459. The fourth-order valence-corrected chi connectivity index (χ4v) is 4.16. The predicted octanol–water partition coefficient (Wildman–Crippen LogP) is 4.20. The van der Waals surface area contributed by atoms with E-state index >= 15 is 0 Å². The Morgan fingerprint density at radius 2 is 1.91 bits per heavy atom. The van der Waals surface area contributed by atoms with E-state index in [1.807, 2.05) is 13.8 Å². The summed E-state index contributed by atoms with van der Waals surface area (Å²) in [5, 5.41) is 8.82. The van der Waals surface area contributed by atoms with Crippen molar-refractivity contribution < 1.29 is 23.5 Å². The summed E-state index contributed by atoms with van der Waals surface area (Å²) in [5.41, 5.74) is 1.31. The van der Waals surface area contributed by atoms with Gasteiger partial charge in [0.1, 0.15) is 11.5 Å². The third-order valence-corrected chi connectivity index (χ3v) is 6.17. The summed E-state index contributed by atoms with van der Waals surface area (Å²) >= 11 is 5.95. The number of rotatable bonds is 8. The van der Waals surface area contributed by atoms with E-state index < -0.39 is 5.92 Å². The normalized spacial score (nSPS) is 15.5. The number of ether oxygens (including phenoxy) is 2. The molecule has 0 aliphatic carbocycles. The molecule has 2 aromatic carbocycles. The number of hydrogen-bond acceptors (Lipinski definition) is 7. The highest BCUT2D eigenvalue weighted by molar-refractivity contribution is 6.30. The van der Waals surface area contributed by atoms with Crippen molar-refractivity contribution >= 4 is 29.1 Å². The number of hydrogen-bond donors (Lipinski definition) is 0. The van der Waals surface area contributed by atoms with E-state index in [9.17, 15) is 9.59 Å². The topological polar surface area (TPSA) is 98.0 Å². The largest absolute Gasteiger partial charge is 0.497 e. The van der Waals surface area contributed by atoms with E-state index in [-0.39, 0.29) is 37.4 Å². The maximum absolute atomic E-state index is 13.5. The molecule has 9 nitrogen and oxygen atoms in total. The lowest BCUT2D eigenvalue weighted by atomic mass is 10.1. The number of anilines is 1. The van der Waals surface area contributed by atoms with Crippen LogP contribution < -0.4 is 14.4 Å². The monoisotopic (exact) mass is 498 g/mol. The number of carbonyl (C=O) groups is 2. The van der Waals surface area contributed by atoms with Crippen molar-refractivity contribution in [2.75, 3.05) is 25.7 Å². The summed E-state index contributed by atoms with van der Waals surface area (Å²) < 4.78 is 16.5. The average molecular weight is 499 g/mol. The zero-order valence-electron chi connectivity index (χ0n) is 20.0. The minimum Gasteiger partial charge on any atom is -0.497 e. The number of methoxy groups -OCH3 is 2. The van der Waals surface area contributed by atoms with Crippen LogP contribution in [0.5, 0.6) is 11.5 Å². The van der Waals surface area contributed by atoms with Gasteiger partial charge in [0, 0.05) is 35.7 Å². The highest BCUT2D eigenvalue weighted by atomic mass is 35.5. The number of benzene rings is 2. The summed E-state index contributed by atoms with van der Waals surface area (Å²) in [6.07, 6.45) is 0.0995. The van der Waals surface area contributed by atoms with Crippen molar-refractivity contribution in [3.05, 3.63) is 53.4 Å². The highest BCUT2D eigenvalue weighted by Gasteiger charge is 2.39. The predicted molar refractivity (Wildman–Crippen MR) is 130 cm³/mol. The Labute approximate surface area is 208 Å². The van der Waals surface area contributed by atoms with E-state index in [1.165, 1.54) is 7.11 Å². The van der Waals surface area contributed by atoms with E-state index in [2.05, 4.69) is 10.2 Å². The molecule has 0 N–H and O–H groups in total. The van der Waals surface area contributed by atoms with Gasteiger partial charge in [-0.05, 0) is 50.2 Å². The number of halogens is 1. The Bertz CT molecular complexity index is 1210. The number of amides is 2. The van der Waals surface area contributed by atoms with Gasteiger partial charge in [-0.3, -0.25) is 9.59 Å². The molecule has 2 amide bonds. The number of carbonyl (C=O) groups excluding carboxylic acids is 2. The lowest BCUT2D eigenvalue weighted by molar-refractivity contribution is -0.138. The molecule has 1 aliphatic heterocycles. The van der Waals surface area contributed by atoms with Gasteiger partial charge in [0.15, 0.2) is 0 Å². The molecule has 1 atom stereocenters. The van der Waals surface area contributed by atoms with Crippen LogP contribution in [0.4, 0.5) is 5.69 Å². The molecule has 4 rings (SSSR count). The Hall–Kier alpha value is -3.59. The van der Waals surface area contributed by atoms with Gasteiger partial charge in [-0.15, -0.1) is 10.2 Å². The van der Waals surface area contributed by atoms with Crippen LogP contribution in [-0.2, 0) is 16.1 Å². The van der Waals surface area contributed by atoms with Gasteiger partial charge in [0.05, 0.1) is 32.4 Å². The molecule has 0 bridgehead atoms. The van der Waals surface area contributed by atoms with Crippen LogP contribution in [0.1, 0.15) is 26.2 Å². The molecule has 1 aliphatic rings. The zero-order valence-corrected chi connectivity index (χ0v) is 20.8. The fourth-order valence-electron chi connectivity index (χ4n) is 4.04. The first-order valence-corrected chi connectivity index (χ1v) is 11.6. The Balaban J connectivity index is 1.51. The molecule has 1 unspecified atom stereocenters. The van der Waals surface area contributed by atoms with Crippen LogP contribution >= 0.6 is 11.6 Å². The van der Waals surface area contributed by atoms with Gasteiger partial charge in [0.25, 0.3) is 0 Å². The summed E-state index contributed by atoms with van der Waals surface area (Å²) in [4.78, 5) is 29.6. The summed E-state index contributed by atoms with van der Waals surface area (Å²) in [6.45, 7) is 4.20. The highest BCUT2D eigenvalue weighted by Crippen LogP contribution is 2.36. The van der Waals surface area contributed by atoms with E-state index in [0.29, 0.717) is 34.0 Å². The van der Waals surface area contributed by atoms with Crippen molar-refractivity contribution in [1.29, 1.82) is 0 Å². The van der Waals surface area contributed by atoms with Gasteiger partial charge in [0.2, 0.25) is 23.6 Å². The lowest BCUT2D eigenvalue weighted by Crippen LogP contribution is -2.41. The molecule has 1 aromatic heterocycles. The second-order valence-electron chi connectivity index (χ2n) is 8.51.